The van der Waals surface area contributed by atoms with Crippen LogP contribution < -0.4 is 10.6 Å². The summed E-state index contributed by atoms with van der Waals surface area (Å²) >= 11 is 1.75. The molecule has 25 heavy (non-hydrogen) atoms. The Morgan fingerprint density at radius 2 is 2.12 bits per heavy atom. The molecule has 0 saturated carbocycles. The number of aliphatic imine (C=N–C) groups is 1. The van der Waals surface area contributed by atoms with Gasteiger partial charge in [0.25, 0.3) is 0 Å². The zero-order valence-electron chi connectivity index (χ0n) is 15.0. The van der Waals surface area contributed by atoms with Crippen molar-refractivity contribution in [1.82, 2.24) is 20.6 Å². The van der Waals surface area contributed by atoms with Crippen LogP contribution in [-0.4, -0.2) is 29.5 Å². The van der Waals surface area contributed by atoms with E-state index in [9.17, 15) is 0 Å². The van der Waals surface area contributed by atoms with E-state index in [1.54, 1.807) is 18.4 Å². The number of nitrogens with one attached hydrogen (secondary N) is 3. The van der Waals surface area contributed by atoms with Crippen molar-refractivity contribution in [3.63, 3.8) is 0 Å². The Hall–Kier alpha value is -2.34. The number of aryl methyl sites for hydroxylation is 2. The van der Waals surface area contributed by atoms with E-state index in [2.05, 4.69) is 63.7 Å². The zero-order chi connectivity index (χ0) is 17.6. The molecule has 3 rings (SSSR count). The van der Waals surface area contributed by atoms with Crippen molar-refractivity contribution in [3.8, 4) is 0 Å². The molecule has 3 aromatic rings. The molecule has 0 aliphatic heterocycles. The summed E-state index contributed by atoms with van der Waals surface area (Å²) in [4.78, 5) is 13.5. The van der Waals surface area contributed by atoms with Crippen molar-refractivity contribution >= 4 is 28.2 Å². The second kappa shape index (κ2) is 8.16. The van der Waals surface area contributed by atoms with Crippen LogP contribution in [0.1, 0.15) is 28.1 Å². The van der Waals surface area contributed by atoms with Gasteiger partial charge in [-0.2, -0.15) is 0 Å². The normalized spacial score (nSPS) is 11.9. The summed E-state index contributed by atoms with van der Waals surface area (Å²) in [6.07, 6.45) is 3.94. The van der Waals surface area contributed by atoms with E-state index in [0.717, 1.165) is 30.4 Å². The number of benzene rings is 1. The third-order valence-corrected chi connectivity index (χ3v) is 5.42. The number of hydrogen-bond donors (Lipinski definition) is 3. The largest absolute Gasteiger partial charge is 0.358 e. The highest BCUT2D eigenvalue weighted by molar-refractivity contribution is 7.11. The number of rotatable bonds is 6. The molecule has 132 valence electrons. The molecule has 1 aromatic carbocycles. The van der Waals surface area contributed by atoms with Crippen molar-refractivity contribution in [2.45, 2.75) is 33.2 Å². The number of hydrogen-bond acceptors (Lipinski definition) is 3. The molecule has 0 atom stereocenters. The molecule has 0 bridgehead atoms. The van der Waals surface area contributed by atoms with Gasteiger partial charge >= 0.3 is 0 Å². The van der Waals surface area contributed by atoms with Gasteiger partial charge in [-0.1, -0.05) is 25.1 Å². The van der Waals surface area contributed by atoms with E-state index < -0.39 is 0 Å². The van der Waals surface area contributed by atoms with Gasteiger partial charge in [0.2, 0.25) is 0 Å². The minimum Gasteiger partial charge on any atom is -0.358 e. The lowest BCUT2D eigenvalue weighted by atomic mass is 10.1. The van der Waals surface area contributed by atoms with Gasteiger partial charge in [-0.05, 0) is 31.4 Å². The zero-order valence-corrected chi connectivity index (χ0v) is 15.8. The van der Waals surface area contributed by atoms with Crippen molar-refractivity contribution in [2.24, 2.45) is 4.99 Å². The van der Waals surface area contributed by atoms with Gasteiger partial charge < -0.3 is 15.6 Å². The van der Waals surface area contributed by atoms with Crippen molar-refractivity contribution in [1.29, 1.82) is 0 Å². The Labute approximate surface area is 152 Å². The summed E-state index contributed by atoms with van der Waals surface area (Å²) in [6, 6.07) is 8.45. The third kappa shape index (κ3) is 4.20. The van der Waals surface area contributed by atoms with Gasteiger partial charge in [0.15, 0.2) is 5.96 Å². The topological polar surface area (TPSA) is 65.1 Å². The molecule has 0 unspecified atom stereocenters. The van der Waals surface area contributed by atoms with Gasteiger partial charge in [-0.3, -0.25) is 4.99 Å². The summed E-state index contributed by atoms with van der Waals surface area (Å²) in [5.41, 5.74) is 3.81. The van der Waals surface area contributed by atoms with Crippen molar-refractivity contribution < 1.29 is 0 Å². The van der Waals surface area contributed by atoms with Crippen molar-refractivity contribution in [2.75, 3.05) is 13.6 Å². The fourth-order valence-corrected chi connectivity index (χ4v) is 3.74. The van der Waals surface area contributed by atoms with Crippen LogP contribution in [0.4, 0.5) is 0 Å². The highest BCUT2D eigenvalue weighted by atomic mass is 32.1. The minimum atomic E-state index is 0.705. The maximum atomic E-state index is 4.43. The average Bonchev–Trinajstić information content (AvgIpc) is 3.22. The molecule has 0 saturated heterocycles. The number of para-hydroxylation sites is 1. The van der Waals surface area contributed by atoms with Gasteiger partial charge in [-0.25, -0.2) is 4.98 Å². The number of guanidine groups is 1. The fraction of sp³-hybridized carbons (Fsp3) is 0.368. The first kappa shape index (κ1) is 17.5. The van der Waals surface area contributed by atoms with Crippen LogP contribution in [0.3, 0.4) is 0 Å². The number of thiazole rings is 1. The van der Waals surface area contributed by atoms with E-state index in [1.807, 2.05) is 6.20 Å². The van der Waals surface area contributed by atoms with Gasteiger partial charge in [-0.15, -0.1) is 11.3 Å². The van der Waals surface area contributed by atoms with Gasteiger partial charge in [0.05, 0.1) is 6.54 Å². The summed E-state index contributed by atoms with van der Waals surface area (Å²) in [6.45, 7) is 5.82. The molecule has 0 fully saturated rings. The number of nitrogens with zero attached hydrogens (tertiary/aromatic N) is 2. The number of aromatic amines is 1. The standard InChI is InChI=1S/C19H25N5S/c1-4-14-11-22-18(25-14)12-23-19(20-3)21-10-9-15-13(2)24-17-8-6-5-7-16(15)17/h5-8,11,24H,4,9-10,12H2,1-3H3,(H2,20,21,23). The maximum absolute atomic E-state index is 4.43. The summed E-state index contributed by atoms with van der Waals surface area (Å²) in [5, 5.41) is 9.12. The fourth-order valence-electron chi connectivity index (χ4n) is 2.94. The minimum absolute atomic E-state index is 0.705. The molecule has 0 amide bonds. The first-order valence-electron chi connectivity index (χ1n) is 8.65. The second-order valence-electron chi connectivity index (χ2n) is 5.95. The molecule has 6 heteroatoms. The van der Waals surface area contributed by atoms with E-state index in [4.69, 9.17) is 0 Å². The Morgan fingerprint density at radius 1 is 1.28 bits per heavy atom. The predicted molar refractivity (Wildman–Crippen MR) is 106 cm³/mol. The SMILES string of the molecule is CCc1cnc(CNC(=NC)NCCc2c(C)[nH]c3ccccc23)s1. The lowest BCUT2D eigenvalue weighted by Gasteiger charge is -2.11. The van der Waals surface area contributed by atoms with Crippen molar-refractivity contribution in [3.05, 3.63) is 51.6 Å². The first-order chi connectivity index (χ1) is 12.2. The Morgan fingerprint density at radius 3 is 2.88 bits per heavy atom. The van der Waals surface area contributed by atoms with E-state index in [0.29, 0.717) is 6.54 Å². The van der Waals surface area contributed by atoms with Crippen LogP contribution in [-0.2, 0) is 19.4 Å². The highest BCUT2D eigenvalue weighted by Crippen LogP contribution is 2.21. The second-order valence-corrected chi connectivity index (χ2v) is 7.15. The summed E-state index contributed by atoms with van der Waals surface area (Å²) in [5.74, 6) is 0.811. The monoisotopic (exact) mass is 355 g/mol. The molecule has 2 heterocycles. The molecule has 2 aromatic heterocycles. The van der Waals surface area contributed by atoms with Crippen LogP contribution in [0, 0.1) is 6.92 Å². The van der Waals surface area contributed by atoms with Crippen LogP contribution in [0.25, 0.3) is 10.9 Å². The molecular weight excluding hydrogens is 330 g/mol. The maximum Gasteiger partial charge on any atom is 0.191 e. The van der Waals surface area contributed by atoms with Crippen LogP contribution in [0.15, 0.2) is 35.5 Å². The summed E-state index contributed by atoms with van der Waals surface area (Å²) in [7, 11) is 1.80. The van der Waals surface area contributed by atoms with E-state index in [1.165, 1.54) is 27.0 Å². The summed E-state index contributed by atoms with van der Waals surface area (Å²) < 4.78 is 0. The number of fused-ring (bicyclic) bond motifs is 1. The van der Waals surface area contributed by atoms with E-state index >= 15 is 0 Å². The molecule has 0 aliphatic rings. The first-order valence-corrected chi connectivity index (χ1v) is 9.47. The number of aromatic nitrogens is 2. The van der Waals surface area contributed by atoms with Gasteiger partial charge in [0.1, 0.15) is 5.01 Å². The lowest BCUT2D eigenvalue weighted by molar-refractivity contribution is 0.791. The number of H-pyrrole nitrogens is 1. The third-order valence-electron chi connectivity index (χ3n) is 4.28. The highest BCUT2D eigenvalue weighted by Gasteiger charge is 2.08. The Balaban J connectivity index is 1.53. The van der Waals surface area contributed by atoms with Crippen LogP contribution in [0.2, 0.25) is 0 Å². The van der Waals surface area contributed by atoms with Crippen LogP contribution in [0.5, 0.6) is 0 Å². The molecule has 0 aliphatic carbocycles. The molecule has 5 nitrogen and oxygen atoms in total. The Kier molecular flexibility index (Phi) is 5.71. The molecule has 3 N–H and O–H groups in total. The quantitative estimate of drug-likeness (QED) is 0.469. The smallest absolute Gasteiger partial charge is 0.191 e. The van der Waals surface area contributed by atoms with E-state index in [-0.39, 0.29) is 0 Å². The van der Waals surface area contributed by atoms with Crippen LogP contribution >= 0.6 is 11.3 Å². The average molecular weight is 356 g/mol. The molecule has 0 spiro atoms. The van der Waals surface area contributed by atoms with Gasteiger partial charge in [0, 0.05) is 41.3 Å². The predicted octanol–water partition coefficient (Wildman–Crippen LogP) is 3.40. The lowest BCUT2D eigenvalue weighted by Crippen LogP contribution is -2.37. The molecule has 0 radical (unpaired) electrons. The Bertz CT molecular complexity index is 862. The molecular formula is C19H25N5S.